The number of rotatable bonds is 3. The Hall–Kier alpha value is -2.63. The van der Waals surface area contributed by atoms with E-state index in [4.69, 9.17) is 0 Å². The minimum Gasteiger partial charge on any atom is -0.505 e. The number of amides is 1. The molecule has 1 aliphatic rings. The lowest BCUT2D eigenvalue weighted by molar-refractivity contribution is 0.0722. The van der Waals surface area contributed by atoms with Crippen LogP contribution < -0.4 is 0 Å². The first-order valence-electron chi connectivity index (χ1n) is 6.92. The largest absolute Gasteiger partial charge is 0.505 e. The maximum atomic E-state index is 12.9. The van der Waals surface area contributed by atoms with Gasteiger partial charge >= 0.3 is 0 Å². The van der Waals surface area contributed by atoms with Gasteiger partial charge in [0.25, 0.3) is 5.91 Å². The molecule has 6 heteroatoms. The Morgan fingerprint density at radius 2 is 2.00 bits per heavy atom. The molecule has 22 heavy (non-hydrogen) atoms. The molecule has 1 amide bonds. The fourth-order valence-electron chi connectivity index (χ4n) is 2.85. The third kappa shape index (κ3) is 2.16. The molecule has 1 aromatic carbocycles. The van der Waals surface area contributed by atoms with Crippen molar-refractivity contribution < 1.29 is 19.1 Å². The van der Waals surface area contributed by atoms with Crippen molar-refractivity contribution in [2.75, 3.05) is 6.54 Å². The summed E-state index contributed by atoms with van der Waals surface area (Å²) >= 11 is 0. The summed E-state index contributed by atoms with van der Waals surface area (Å²) in [4.78, 5) is 25.2. The Kier molecular flexibility index (Phi) is 3.44. The van der Waals surface area contributed by atoms with Crippen LogP contribution in [0.25, 0.3) is 0 Å². The number of aldehydes is 1. The lowest BCUT2D eigenvalue weighted by Gasteiger charge is -2.27. The summed E-state index contributed by atoms with van der Waals surface area (Å²) in [6, 6.07) is 5.94. The molecule has 2 heterocycles. The van der Waals surface area contributed by atoms with Crippen LogP contribution in [0.3, 0.4) is 0 Å². The van der Waals surface area contributed by atoms with Gasteiger partial charge in [-0.25, -0.2) is 4.39 Å². The second kappa shape index (κ2) is 5.29. The van der Waals surface area contributed by atoms with Crippen molar-refractivity contribution in [2.45, 2.75) is 13.0 Å². The zero-order valence-electron chi connectivity index (χ0n) is 12.0. The Morgan fingerprint density at radius 1 is 1.32 bits per heavy atom. The number of nitrogens with zero attached hydrogens (tertiary/aromatic N) is 2. The number of aromatic nitrogens is 1. The number of halogens is 1. The van der Waals surface area contributed by atoms with E-state index in [1.807, 2.05) is 0 Å². The van der Waals surface area contributed by atoms with Gasteiger partial charge in [-0.3, -0.25) is 9.59 Å². The number of fused-ring (bicyclic) bond motifs is 1. The molecule has 1 aromatic heterocycles. The highest BCUT2D eigenvalue weighted by Gasteiger charge is 2.32. The second-order valence-corrected chi connectivity index (χ2v) is 5.34. The molecule has 0 radical (unpaired) electrons. The summed E-state index contributed by atoms with van der Waals surface area (Å²) < 4.78 is 14.5. The van der Waals surface area contributed by atoms with Crippen LogP contribution in [0.4, 0.5) is 4.39 Å². The normalized spacial score (nSPS) is 14.1. The quantitative estimate of drug-likeness (QED) is 0.881. The Morgan fingerprint density at radius 3 is 2.64 bits per heavy atom. The van der Waals surface area contributed by atoms with Gasteiger partial charge in [-0.05, 0) is 17.7 Å². The third-order valence-electron chi connectivity index (χ3n) is 4.05. The highest BCUT2D eigenvalue weighted by atomic mass is 19.1. The van der Waals surface area contributed by atoms with E-state index in [0.717, 1.165) is 5.56 Å². The molecular formula is C16H15FN2O3. The van der Waals surface area contributed by atoms with Gasteiger partial charge in [0.15, 0.2) is 12.0 Å². The third-order valence-corrected chi connectivity index (χ3v) is 4.05. The zero-order chi connectivity index (χ0) is 15.9. The Bertz CT molecular complexity index is 750. The fraction of sp³-hybridized carbons (Fsp3) is 0.250. The van der Waals surface area contributed by atoms with Crippen molar-refractivity contribution in [2.24, 2.45) is 7.05 Å². The molecule has 0 saturated heterocycles. The molecule has 1 aliphatic heterocycles. The second-order valence-electron chi connectivity index (χ2n) is 5.34. The van der Waals surface area contributed by atoms with Gasteiger partial charge < -0.3 is 14.6 Å². The first-order chi connectivity index (χ1) is 10.5. The molecule has 0 fully saturated rings. The van der Waals surface area contributed by atoms with Gasteiger partial charge in [0.2, 0.25) is 0 Å². The monoisotopic (exact) mass is 302 g/mol. The van der Waals surface area contributed by atoms with E-state index in [0.29, 0.717) is 31.5 Å². The molecular weight excluding hydrogens is 287 g/mol. The van der Waals surface area contributed by atoms with Gasteiger partial charge in [-0.15, -0.1) is 0 Å². The molecule has 0 unspecified atom stereocenters. The predicted molar refractivity (Wildman–Crippen MR) is 77.3 cm³/mol. The van der Waals surface area contributed by atoms with Gasteiger partial charge in [0.05, 0.1) is 0 Å². The van der Waals surface area contributed by atoms with E-state index in [1.54, 1.807) is 28.6 Å². The fourth-order valence-corrected chi connectivity index (χ4v) is 2.85. The van der Waals surface area contributed by atoms with Crippen molar-refractivity contribution >= 4 is 12.2 Å². The summed E-state index contributed by atoms with van der Waals surface area (Å²) in [6.45, 7) is 0.822. The lowest BCUT2D eigenvalue weighted by atomic mass is 10.1. The van der Waals surface area contributed by atoms with E-state index < -0.39 is 0 Å². The topological polar surface area (TPSA) is 62.5 Å². The molecule has 114 valence electrons. The lowest BCUT2D eigenvalue weighted by Crippen LogP contribution is -2.37. The maximum absolute atomic E-state index is 12.9. The van der Waals surface area contributed by atoms with Gasteiger partial charge in [-0.2, -0.15) is 0 Å². The van der Waals surface area contributed by atoms with E-state index in [-0.39, 0.29) is 28.7 Å². The molecule has 5 nitrogen and oxygen atoms in total. The molecule has 1 N–H and O–H groups in total. The molecule has 0 saturated carbocycles. The molecule has 2 aromatic rings. The van der Waals surface area contributed by atoms with Crippen molar-refractivity contribution in [1.82, 2.24) is 9.47 Å². The van der Waals surface area contributed by atoms with Crippen molar-refractivity contribution in [3.63, 3.8) is 0 Å². The molecule has 0 aliphatic carbocycles. The van der Waals surface area contributed by atoms with Crippen LogP contribution in [0.1, 0.15) is 32.1 Å². The van der Waals surface area contributed by atoms with Crippen molar-refractivity contribution in [1.29, 1.82) is 0 Å². The molecule has 0 bridgehead atoms. The minimum atomic E-state index is -0.327. The summed E-state index contributed by atoms with van der Waals surface area (Å²) in [5, 5.41) is 10.1. The van der Waals surface area contributed by atoms with Crippen LogP contribution >= 0.6 is 0 Å². The van der Waals surface area contributed by atoms with E-state index in [2.05, 4.69) is 0 Å². The van der Waals surface area contributed by atoms with Crippen LogP contribution in [-0.4, -0.2) is 33.3 Å². The number of hydrogen-bond acceptors (Lipinski definition) is 3. The average Bonchev–Trinajstić information content (AvgIpc) is 2.75. The van der Waals surface area contributed by atoms with Crippen LogP contribution in [0.2, 0.25) is 0 Å². The number of hydrogen-bond donors (Lipinski definition) is 1. The van der Waals surface area contributed by atoms with Crippen LogP contribution in [0.15, 0.2) is 24.3 Å². The van der Waals surface area contributed by atoms with E-state index >= 15 is 0 Å². The summed E-state index contributed by atoms with van der Waals surface area (Å²) in [5.74, 6) is -0.902. The zero-order valence-corrected chi connectivity index (χ0v) is 12.0. The Balaban J connectivity index is 1.91. The number of benzene rings is 1. The van der Waals surface area contributed by atoms with Crippen molar-refractivity contribution in [3.05, 3.63) is 52.6 Å². The summed E-state index contributed by atoms with van der Waals surface area (Å²) in [7, 11) is 1.66. The highest BCUT2D eigenvalue weighted by Crippen LogP contribution is 2.32. The first kappa shape index (κ1) is 14.3. The summed E-state index contributed by atoms with van der Waals surface area (Å²) in [6.07, 6.45) is 1.10. The molecule has 3 rings (SSSR count). The first-order valence-corrected chi connectivity index (χ1v) is 6.92. The average molecular weight is 302 g/mol. The number of carbonyl (C=O) groups excluding carboxylic acids is 2. The summed E-state index contributed by atoms with van der Waals surface area (Å²) in [5.41, 5.74) is 1.78. The van der Waals surface area contributed by atoms with Crippen LogP contribution in [0.5, 0.6) is 5.75 Å². The van der Waals surface area contributed by atoms with Gasteiger partial charge in [-0.1, -0.05) is 12.1 Å². The Labute approximate surface area is 126 Å². The number of aromatic hydroxyl groups is 1. The molecule has 0 spiro atoms. The van der Waals surface area contributed by atoms with Crippen LogP contribution in [-0.2, 0) is 20.0 Å². The predicted octanol–water partition coefficient (Wildman–Crippen LogP) is 1.88. The van der Waals surface area contributed by atoms with Crippen LogP contribution in [0, 0.1) is 5.82 Å². The maximum Gasteiger partial charge on any atom is 0.259 e. The molecule has 0 atom stereocenters. The van der Waals surface area contributed by atoms with Gasteiger partial charge in [0, 0.05) is 32.3 Å². The number of carbonyl (C=O) groups is 2. The smallest absolute Gasteiger partial charge is 0.259 e. The van der Waals surface area contributed by atoms with E-state index in [1.165, 1.54) is 12.1 Å². The van der Waals surface area contributed by atoms with E-state index in [9.17, 15) is 19.1 Å². The highest BCUT2D eigenvalue weighted by molar-refractivity contribution is 6.02. The van der Waals surface area contributed by atoms with Gasteiger partial charge in [0.1, 0.15) is 17.1 Å². The standard InChI is InChI=1S/C16H15FN2O3/c1-18-12-6-7-19(8-10-2-4-11(17)5-3-10)16(22)14(12)15(21)13(18)9-20/h2-5,9,21H,6-8H2,1H3. The minimum absolute atomic E-state index is 0.113. The SMILES string of the molecule is Cn1c(C=O)c(O)c2c1CCN(Cc1ccc(F)cc1)C2=O. The van der Waals surface area contributed by atoms with Crippen molar-refractivity contribution in [3.8, 4) is 5.75 Å².